The molecule has 2 heteroatoms. The van der Waals surface area contributed by atoms with Gasteiger partial charge in [-0.1, -0.05) is 182 Å². The van der Waals surface area contributed by atoms with Crippen molar-refractivity contribution in [3.8, 4) is 50.3 Å². The summed E-state index contributed by atoms with van der Waals surface area (Å²) in [5, 5.41) is 3.67. The normalized spacial score (nSPS) is 11.2. The van der Waals surface area contributed by atoms with Crippen molar-refractivity contribution in [3.63, 3.8) is 0 Å². The van der Waals surface area contributed by atoms with Crippen molar-refractivity contribution in [1.82, 2.24) is 4.57 Å². The van der Waals surface area contributed by atoms with Crippen LogP contribution >= 0.6 is 0 Å². The number of hydrogen-bond donors (Lipinski definition) is 0. The van der Waals surface area contributed by atoms with E-state index in [0.717, 1.165) is 22.7 Å². The van der Waals surface area contributed by atoms with Gasteiger partial charge >= 0.3 is 0 Å². The van der Waals surface area contributed by atoms with Crippen molar-refractivity contribution >= 4 is 38.7 Å². The molecule has 0 aliphatic heterocycles. The molecule has 0 N–H and O–H groups in total. The van der Waals surface area contributed by atoms with Crippen LogP contribution in [0.4, 0.5) is 17.1 Å². The Hall–Kier alpha value is -7.42. The second kappa shape index (κ2) is 14.4. The molecule has 10 rings (SSSR count). The summed E-state index contributed by atoms with van der Waals surface area (Å²) < 4.78 is 2.42. The Balaban J connectivity index is 1.04. The molecule has 0 unspecified atom stereocenters. The zero-order chi connectivity index (χ0) is 37.3. The molecule has 0 aliphatic rings. The van der Waals surface area contributed by atoms with Crippen molar-refractivity contribution in [2.45, 2.75) is 0 Å². The molecule has 0 spiro atoms. The van der Waals surface area contributed by atoms with Crippen molar-refractivity contribution in [2.75, 3.05) is 4.90 Å². The van der Waals surface area contributed by atoms with Gasteiger partial charge < -0.3 is 9.47 Å². The molecule has 2 nitrogen and oxygen atoms in total. The quantitative estimate of drug-likeness (QED) is 0.152. The highest BCUT2D eigenvalue weighted by atomic mass is 15.1. The maximum Gasteiger partial charge on any atom is 0.0619 e. The first-order valence-corrected chi connectivity index (χ1v) is 19.2. The fourth-order valence-electron chi connectivity index (χ4n) is 8.14. The topological polar surface area (TPSA) is 8.17 Å². The minimum Gasteiger partial charge on any atom is -0.310 e. The van der Waals surface area contributed by atoms with Gasteiger partial charge in [0.15, 0.2) is 0 Å². The molecule has 56 heavy (non-hydrogen) atoms. The Morgan fingerprint density at radius 1 is 0.304 bits per heavy atom. The highest BCUT2D eigenvalue weighted by molar-refractivity contribution is 6.06. The molecule has 0 radical (unpaired) electrons. The summed E-state index contributed by atoms with van der Waals surface area (Å²) in [5.74, 6) is 0. The Morgan fingerprint density at radius 2 is 0.750 bits per heavy atom. The SMILES string of the molecule is c1ccc(-c2ccc(N(c3ccc(-c4ccc(-n5c(-c6ccccc6)c(-c6ccccc6)c6ccccc65)cc4)cc3)c3cccc4ccccc34)cc2)cc1. The Labute approximate surface area is 327 Å². The van der Waals surface area contributed by atoms with Crippen LogP contribution in [-0.4, -0.2) is 4.57 Å². The van der Waals surface area contributed by atoms with Gasteiger partial charge in [0.2, 0.25) is 0 Å². The van der Waals surface area contributed by atoms with Gasteiger partial charge in [0.1, 0.15) is 0 Å². The second-order valence-electron chi connectivity index (χ2n) is 14.1. The summed E-state index contributed by atoms with van der Waals surface area (Å²) in [6.07, 6.45) is 0. The predicted octanol–water partition coefficient (Wildman–Crippen LogP) is 14.9. The standard InChI is InChI=1S/C54H38N2/c1-4-15-39(16-5-1)40-27-33-46(34-28-40)55(51-26-14-22-43-17-10-11-23-49(43)51)47-35-29-41(30-36-47)42-31-37-48(38-32-42)56-52-25-13-12-24-50(52)53(44-18-6-2-7-19-44)54(56)45-20-8-3-9-21-45/h1-38H. The summed E-state index contributed by atoms with van der Waals surface area (Å²) in [6.45, 7) is 0. The van der Waals surface area contributed by atoms with Crippen LogP contribution in [0.2, 0.25) is 0 Å². The second-order valence-corrected chi connectivity index (χ2v) is 14.1. The molecular formula is C54H38N2. The molecule has 0 amide bonds. The number of hydrogen-bond acceptors (Lipinski definition) is 1. The number of benzene rings is 9. The fourth-order valence-corrected chi connectivity index (χ4v) is 8.14. The molecule has 10 aromatic rings. The van der Waals surface area contributed by atoms with Crippen LogP contribution in [0.3, 0.4) is 0 Å². The van der Waals surface area contributed by atoms with Crippen molar-refractivity contribution in [1.29, 1.82) is 0 Å². The zero-order valence-electron chi connectivity index (χ0n) is 30.8. The van der Waals surface area contributed by atoms with E-state index in [2.05, 4.69) is 240 Å². The lowest BCUT2D eigenvalue weighted by atomic mass is 9.98. The minimum atomic E-state index is 1.11. The van der Waals surface area contributed by atoms with E-state index in [9.17, 15) is 0 Å². The fraction of sp³-hybridized carbons (Fsp3) is 0. The Bertz CT molecular complexity index is 2910. The van der Waals surface area contributed by atoms with E-state index < -0.39 is 0 Å². The van der Waals surface area contributed by atoms with E-state index in [1.807, 2.05) is 0 Å². The summed E-state index contributed by atoms with van der Waals surface area (Å²) in [7, 11) is 0. The minimum absolute atomic E-state index is 1.11. The molecule has 0 fully saturated rings. The van der Waals surface area contributed by atoms with Crippen LogP contribution in [0.25, 0.3) is 72.0 Å². The zero-order valence-corrected chi connectivity index (χ0v) is 30.8. The van der Waals surface area contributed by atoms with Crippen LogP contribution < -0.4 is 4.90 Å². The smallest absolute Gasteiger partial charge is 0.0619 e. The van der Waals surface area contributed by atoms with Gasteiger partial charge in [-0.2, -0.15) is 0 Å². The van der Waals surface area contributed by atoms with E-state index in [4.69, 9.17) is 0 Å². The van der Waals surface area contributed by atoms with Crippen LogP contribution in [0.15, 0.2) is 231 Å². The largest absolute Gasteiger partial charge is 0.310 e. The third kappa shape index (κ3) is 6.04. The first kappa shape index (κ1) is 33.2. The highest BCUT2D eigenvalue weighted by Crippen LogP contribution is 2.44. The number of rotatable bonds is 8. The number of fused-ring (bicyclic) bond motifs is 2. The van der Waals surface area contributed by atoms with E-state index >= 15 is 0 Å². The van der Waals surface area contributed by atoms with E-state index in [1.54, 1.807) is 0 Å². The molecule has 0 atom stereocenters. The third-order valence-corrected chi connectivity index (χ3v) is 10.8. The van der Waals surface area contributed by atoms with E-state index in [1.165, 1.54) is 66.3 Å². The summed E-state index contributed by atoms with van der Waals surface area (Å²) >= 11 is 0. The number of nitrogens with zero attached hydrogens (tertiary/aromatic N) is 2. The van der Waals surface area contributed by atoms with E-state index in [0.29, 0.717) is 0 Å². The van der Waals surface area contributed by atoms with Gasteiger partial charge in [0.25, 0.3) is 0 Å². The molecule has 9 aromatic carbocycles. The molecule has 0 saturated heterocycles. The van der Waals surface area contributed by atoms with Crippen LogP contribution in [0, 0.1) is 0 Å². The van der Waals surface area contributed by atoms with Gasteiger partial charge in [-0.05, 0) is 87.3 Å². The Kier molecular flexibility index (Phi) is 8.55. The van der Waals surface area contributed by atoms with Gasteiger partial charge in [0, 0.05) is 33.4 Å². The summed E-state index contributed by atoms with van der Waals surface area (Å²) in [6, 6.07) is 82.9. The molecular weight excluding hydrogens is 677 g/mol. The van der Waals surface area contributed by atoms with Crippen LogP contribution in [0.5, 0.6) is 0 Å². The maximum atomic E-state index is 2.42. The molecule has 0 bridgehead atoms. The summed E-state index contributed by atoms with van der Waals surface area (Å²) in [4.78, 5) is 2.37. The maximum absolute atomic E-state index is 2.42. The van der Waals surface area contributed by atoms with Crippen molar-refractivity contribution in [3.05, 3.63) is 231 Å². The van der Waals surface area contributed by atoms with Crippen molar-refractivity contribution in [2.24, 2.45) is 0 Å². The monoisotopic (exact) mass is 714 g/mol. The van der Waals surface area contributed by atoms with Crippen LogP contribution in [-0.2, 0) is 0 Å². The molecule has 0 aliphatic carbocycles. The van der Waals surface area contributed by atoms with Gasteiger partial charge in [0.05, 0.1) is 16.9 Å². The average molecular weight is 715 g/mol. The first-order chi connectivity index (χ1) is 27.8. The van der Waals surface area contributed by atoms with Crippen molar-refractivity contribution < 1.29 is 0 Å². The highest BCUT2D eigenvalue weighted by Gasteiger charge is 2.21. The average Bonchev–Trinajstić information content (AvgIpc) is 3.63. The molecule has 0 saturated carbocycles. The third-order valence-electron chi connectivity index (χ3n) is 10.8. The molecule has 264 valence electrons. The number of anilines is 3. The molecule has 1 aromatic heterocycles. The molecule has 1 heterocycles. The predicted molar refractivity (Wildman–Crippen MR) is 237 cm³/mol. The first-order valence-electron chi connectivity index (χ1n) is 19.2. The van der Waals surface area contributed by atoms with Gasteiger partial charge in [-0.3, -0.25) is 0 Å². The van der Waals surface area contributed by atoms with Gasteiger partial charge in [-0.15, -0.1) is 0 Å². The lowest BCUT2D eigenvalue weighted by molar-refractivity contribution is 1.14. The number of para-hydroxylation sites is 1. The summed E-state index contributed by atoms with van der Waals surface area (Å²) in [5.41, 5.74) is 15.3. The lowest BCUT2D eigenvalue weighted by Gasteiger charge is -2.27. The Morgan fingerprint density at radius 3 is 1.36 bits per heavy atom. The number of aromatic nitrogens is 1. The lowest BCUT2D eigenvalue weighted by Crippen LogP contribution is -2.10. The van der Waals surface area contributed by atoms with Gasteiger partial charge in [-0.25, -0.2) is 0 Å². The van der Waals surface area contributed by atoms with E-state index in [-0.39, 0.29) is 0 Å². The van der Waals surface area contributed by atoms with Crippen LogP contribution in [0.1, 0.15) is 0 Å².